The van der Waals surface area contributed by atoms with Gasteiger partial charge in [-0.3, -0.25) is 9.59 Å². The minimum absolute atomic E-state index is 0.00427. The first-order valence-electron chi connectivity index (χ1n) is 7.37. The van der Waals surface area contributed by atoms with Gasteiger partial charge in [0.1, 0.15) is 0 Å². The summed E-state index contributed by atoms with van der Waals surface area (Å²) >= 11 is 3.35. The maximum atomic E-state index is 12.3. The number of carbonyl (C=O) groups excluding carboxylic acids is 2. The molecule has 0 aliphatic carbocycles. The summed E-state index contributed by atoms with van der Waals surface area (Å²) in [4.78, 5) is 25.8. The van der Waals surface area contributed by atoms with Crippen molar-refractivity contribution in [2.24, 2.45) is 0 Å². The van der Waals surface area contributed by atoms with E-state index in [2.05, 4.69) is 21.2 Å². The third-order valence-electron chi connectivity index (χ3n) is 3.23. The van der Waals surface area contributed by atoms with E-state index in [-0.39, 0.29) is 11.8 Å². The first kappa shape index (κ1) is 17.7. The van der Waals surface area contributed by atoms with E-state index in [4.69, 9.17) is 0 Å². The highest BCUT2D eigenvalue weighted by Crippen LogP contribution is 2.13. The van der Waals surface area contributed by atoms with Crippen molar-refractivity contribution < 1.29 is 9.59 Å². The van der Waals surface area contributed by atoms with Crippen LogP contribution in [0.2, 0.25) is 0 Å². The monoisotopic (exact) mass is 354 g/mol. The van der Waals surface area contributed by atoms with E-state index >= 15 is 0 Å². The van der Waals surface area contributed by atoms with Crippen molar-refractivity contribution in [3.8, 4) is 0 Å². The average molecular weight is 355 g/mol. The van der Waals surface area contributed by atoms with Crippen LogP contribution in [-0.4, -0.2) is 35.1 Å². The zero-order valence-corrected chi connectivity index (χ0v) is 14.3. The van der Waals surface area contributed by atoms with Gasteiger partial charge in [-0.25, -0.2) is 0 Å². The SMILES string of the molecule is CCN(CC)C(=O)c1cccc(NC(=O)CCCCBr)c1. The fourth-order valence-corrected chi connectivity index (χ4v) is 2.42. The van der Waals surface area contributed by atoms with Crippen molar-refractivity contribution in [3.63, 3.8) is 0 Å². The number of halogens is 1. The van der Waals surface area contributed by atoms with Gasteiger partial charge in [0, 0.05) is 36.1 Å². The Morgan fingerprint density at radius 1 is 1.19 bits per heavy atom. The average Bonchev–Trinajstić information content (AvgIpc) is 2.49. The predicted octanol–water partition coefficient (Wildman–Crippen LogP) is 3.67. The molecule has 1 N–H and O–H groups in total. The number of unbranched alkanes of at least 4 members (excludes halogenated alkanes) is 1. The lowest BCUT2D eigenvalue weighted by atomic mass is 10.1. The molecule has 0 saturated carbocycles. The highest BCUT2D eigenvalue weighted by atomic mass is 79.9. The predicted molar refractivity (Wildman–Crippen MR) is 90.0 cm³/mol. The summed E-state index contributed by atoms with van der Waals surface area (Å²) in [5.74, 6) is -0.0150. The van der Waals surface area contributed by atoms with Crippen molar-refractivity contribution in [2.75, 3.05) is 23.7 Å². The Kier molecular flexibility index (Phi) is 8.05. The largest absolute Gasteiger partial charge is 0.339 e. The van der Waals surface area contributed by atoms with Gasteiger partial charge in [-0.15, -0.1) is 0 Å². The van der Waals surface area contributed by atoms with Crippen LogP contribution in [0.1, 0.15) is 43.5 Å². The Morgan fingerprint density at radius 2 is 1.90 bits per heavy atom. The number of amides is 2. The molecular weight excluding hydrogens is 332 g/mol. The molecule has 1 aromatic carbocycles. The first-order valence-corrected chi connectivity index (χ1v) is 8.49. The Bertz CT molecular complexity index is 473. The number of hydrogen-bond acceptors (Lipinski definition) is 2. The van der Waals surface area contributed by atoms with Crippen molar-refractivity contribution in [2.45, 2.75) is 33.1 Å². The molecule has 0 radical (unpaired) electrons. The van der Waals surface area contributed by atoms with Crippen molar-refractivity contribution in [1.29, 1.82) is 0 Å². The van der Waals surface area contributed by atoms with Gasteiger partial charge < -0.3 is 10.2 Å². The van der Waals surface area contributed by atoms with E-state index < -0.39 is 0 Å². The normalized spacial score (nSPS) is 10.2. The summed E-state index contributed by atoms with van der Waals surface area (Å²) in [7, 11) is 0. The molecule has 0 aromatic heterocycles. The summed E-state index contributed by atoms with van der Waals surface area (Å²) in [6.07, 6.45) is 2.34. The van der Waals surface area contributed by atoms with Gasteiger partial charge in [0.05, 0.1) is 0 Å². The standard InChI is InChI=1S/C16H23BrN2O2/c1-3-19(4-2)16(21)13-8-7-9-14(12-13)18-15(20)10-5-6-11-17/h7-9,12H,3-6,10-11H2,1-2H3,(H,18,20). The van der Waals surface area contributed by atoms with E-state index in [0.29, 0.717) is 30.8 Å². The van der Waals surface area contributed by atoms with Crippen LogP contribution < -0.4 is 5.32 Å². The van der Waals surface area contributed by atoms with E-state index in [0.717, 1.165) is 18.2 Å². The summed E-state index contributed by atoms with van der Waals surface area (Å²) in [6.45, 7) is 5.27. The lowest BCUT2D eigenvalue weighted by Crippen LogP contribution is -2.30. The molecule has 0 heterocycles. The Balaban J connectivity index is 2.68. The lowest BCUT2D eigenvalue weighted by molar-refractivity contribution is -0.116. The zero-order valence-electron chi connectivity index (χ0n) is 12.7. The number of rotatable bonds is 8. The van der Waals surface area contributed by atoms with Gasteiger partial charge in [0.2, 0.25) is 5.91 Å². The second-order valence-electron chi connectivity index (χ2n) is 4.75. The summed E-state index contributed by atoms with van der Waals surface area (Å²) in [5.41, 5.74) is 1.29. The van der Waals surface area contributed by atoms with Crippen LogP contribution in [0.4, 0.5) is 5.69 Å². The van der Waals surface area contributed by atoms with E-state index in [9.17, 15) is 9.59 Å². The van der Waals surface area contributed by atoms with E-state index in [1.165, 1.54) is 0 Å². The van der Waals surface area contributed by atoms with Crippen molar-refractivity contribution >= 4 is 33.4 Å². The molecule has 2 amide bonds. The van der Waals surface area contributed by atoms with Gasteiger partial charge in [-0.05, 0) is 44.9 Å². The maximum Gasteiger partial charge on any atom is 0.253 e. The number of nitrogens with zero attached hydrogens (tertiary/aromatic N) is 1. The highest BCUT2D eigenvalue weighted by Gasteiger charge is 2.13. The molecule has 0 aliphatic rings. The molecular formula is C16H23BrN2O2. The fraction of sp³-hybridized carbons (Fsp3) is 0.500. The molecule has 5 heteroatoms. The van der Waals surface area contributed by atoms with Crippen LogP contribution in [0.15, 0.2) is 24.3 Å². The van der Waals surface area contributed by atoms with Crippen molar-refractivity contribution in [1.82, 2.24) is 4.90 Å². The second kappa shape index (κ2) is 9.55. The summed E-state index contributed by atoms with van der Waals surface area (Å²) in [5, 5.41) is 3.76. The van der Waals surface area contributed by atoms with Gasteiger partial charge in [0.15, 0.2) is 0 Å². The van der Waals surface area contributed by atoms with Crippen LogP contribution in [0.3, 0.4) is 0 Å². The van der Waals surface area contributed by atoms with E-state index in [1.54, 1.807) is 29.2 Å². The Hall–Kier alpha value is -1.36. The number of benzene rings is 1. The lowest BCUT2D eigenvalue weighted by Gasteiger charge is -2.19. The van der Waals surface area contributed by atoms with Crippen LogP contribution in [-0.2, 0) is 4.79 Å². The fourth-order valence-electron chi connectivity index (χ4n) is 2.03. The van der Waals surface area contributed by atoms with Crippen molar-refractivity contribution in [3.05, 3.63) is 29.8 Å². The quantitative estimate of drug-likeness (QED) is 0.571. The molecule has 0 atom stereocenters. The molecule has 0 unspecified atom stereocenters. The number of anilines is 1. The molecule has 0 spiro atoms. The smallest absolute Gasteiger partial charge is 0.253 e. The second-order valence-corrected chi connectivity index (χ2v) is 5.55. The van der Waals surface area contributed by atoms with Crippen LogP contribution >= 0.6 is 15.9 Å². The summed E-state index contributed by atoms with van der Waals surface area (Å²) < 4.78 is 0. The molecule has 116 valence electrons. The van der Waals surface area contributed by atoms with Gasteiger partial charge in [0.25, 0.3) is 5.91 Å². The maximum absolute atomic E-state index is 12.3. The molecule has 1 aromatic rings. The minimum Gasteiger partial charge on any atom is -0.339 e. The minimum atomic E-state index is -0.0108. The van der Waals surface area contributed by atoms with Gasteiger partial charge in [-0.2, -0.15) is 0 Å². The third-order valence-corrected chi connectivity index (χ3v) is 3.79. The molecule has 0 aliphatic heterocycles. The van der Waals surface area contributed by atoms with E-state index in [1.807, 2.05) is 13.8 Å². The Labute approximate surface area is 135 Å². The molecule has 0 saturated heterocycles. The number of alkyl halides is 1. The highest BCUT2D eigenvalue weighted by molar-refractivity contribution is 9.09. The third kappa shape index (κ3) is 5.87. The molecule has 4 nitrogen and oxygen atoms in total. The first-order chi connectivity index (χ1) is 10.1. The molecule has 0 bridgehead atoms. The van der Waals surface area contributed by atoms with Crippen LogP contribution in [0.25, 0.3) is 0 Å². The summed E-state index contributed by atoms with van der Waals surface area (Å²) in [6, 6.07) is 7.12. The Morgan fingerprint density at radius 3 is 2.52 bits per heavy atom. The van der Waals surface area contributed by atoms with Crippen LogP contribution in [0.5, 0.6) is 0 Å². The number of carbonyl (C=O) groups is 2. The zero-order chi connectivity index (χ0) is 15.7. The van der Waals surface area contributed by atoms with Crippen LogP contribution in [0, 0.1) is 0 Å². The number of nitrogens with one attached hydrogen (secondary N) is 1. The molecule has 0 fully saturated rings. The number of hydrogen-bond donors (Lipinski definition) is 1. The van der Waals surface area contributed by atoms with Gasteiger partial charge in [-0.1, -0.05) is 22.0 Å². The molecule has 21 heavy (non-hydrogen) atoms. The topological polar surface area (TPSA) is 49.4 Å². The molecule has 1 rings (SSSR count). The van der Waals surface area contributed by atoms with Gasteiger partial charge >= 0.3 is 0 Å².